The smallest absolute Gasteiger partial charge is 0.270 e. The van der Waals surface area contributed by atoms with E-state index in [0.29, 0.717) is 33.0 Å². The van der Waals surface area contributed by atoms with Gasteiger partial charge < -0.3 is 14.2 Å². The summed E-state index contributed by atoms with van der Waals surface area (Å²) in [4.78, 5) is 15.0. The third-order valence-electron chi connectivity index (χ3n) is 3.96. The number of thiocarbonyl (C=S) groups is 1. The van der Waals surface area contributed by atoms with E-state index in [1.165, 1.54) is 16.7 Å². The lowest BCUT2D eigenvalue weighted by atomic mass is 10.1. The van der Waals surface area contributed by atoms with Gasteiger partial charge in [-0.1, -0.05) is 24.0 Å². The Kier molecular flexibility index (Phi) is 6.64. The summed E-state index contributed by atoms with van der Waals surface area (Å²) in [6.45, 7) is 2.43. The molecule has 5 nitrogen and oxygen atoms in total. The predicted octanol–water partition coefficient (Wildman–Crippen LogP) is 5.27. The highest BCUT2D eigenvalue weighted by molar-refractivity contribution is 9.10. The van der Waals surface area contributed by atoms with Crippen LogP contribution >= 0.6 is 39.9 Å². The van der Waals surface area contributed by atoms with Gasteiger partial charge in [-0.3, -0.25) is 9.69 Å². The Balaban J connectivity index is 1.92. The number of ether oxygens (including phenoxy) is 3. The Morgan fingerprint density at radius 2 is 1.89 bits per heavy atom. The minimum Gasteiger partial charge on any atom is -0.497 e. The molecule has 0 N–H and O–H groups in total. The Labute approximate surface area is 181 Å². The molecule has 1 saturated heterocycles. The molecule has 0 bridgehead atoms. The van der Waals surface area contributed by atoms with Gasteiger partial charge in [-0.05, 0) is 70.9 Å². The summed E-state index contributed by atoms with van der Waals surface area (Å²) in [5, 5.41) is 0. The lowest BCUT2D eigenvalue weighted by molar-refractivity contribution is -0.113. The Morgan fingerprint density at radius 3 is 2.50 bits per heavy atom. The van der Waals surface area contributed by atoms with Crippen molar-refractivity contribution in [2.24, 2.45) is 0 Å². The van der Waals surface area contributed by atoms with Gasteiger partial charge in [-0.15, -0.1) is 0 Å². The maximum Gasteiger partial charge on any atom is 0.270 e. The van der Waals surface area contributed by atoms with Crippen molar-refractivity contribution in [2.45, 2.75) is 6.92 Å². The number of anilines is 1. The average molecular weight is 480 g/mol. The van der Waals surface area contributed by atoms with Crippen LogP contribution in [0, 0.1) is 0 Å². The zero-order chi connectivity index (χ0) is 20.3. The van der Waals surface area contributed by atoms with Crippen molar-refractivity contribution in [1.82, 2.24) is 0 Å². The van der Waals surface area contributed by atoms with Crippen LogP contribution in [0.5, 0.6) is 17.2 Å². The van der Waals surface area contributed by atoms with Crippen LogP contribution in [0.3, 0.4) is 0 Å². The van der Waals surface area contributed by atoms with Crippen LogP contribution in [0.1, 0.15) is 12.5 Å². The molecule has 0 aliphatic carbocycles. The number of hydrogen-bond donors (Lipinski definition) is 0. The van der Waals surface area contributed by atoms with Gasteiger partial charge in [0.15, 0.2) is 15.8 Å². The Bertz CT molecular complexity index is 944. The number of carbonyl (C=O) groups excluding carboxylic acids is 1. The van der Waals surface area contributed by atoms with Gasteiger partial charge in [0.25, 0.3) is 5.91 Å². The maximum absolute atomic E-state index is 12.9. The molecule has 0 atom stereocenters. The van der Waals surface area contributed by atoms with Crippen LogP contribution < -0.4 is 19.1 Å². The first-order chi connectivity index (χ1) is 13.5. The number of carbonyl (C=O) groups is 1. The predicted molar refractivity (Wildman–Crippen MR) is 121 cm³/mol. The number of nitrogens with zero attached hydrogens (tertiary/aromatic N) is 1. The third-order valence-corrected chi connectivity index (χ3v) is 5.85. The number of halogens is 1. The summed E-state index contributed by atoms with van der Waals surface area (Å²) >= 11 is 10.2. The molecular formula is C20H18BrNO4S2. The molecule has 1 heterocycles. The van der Waals surface area contributed by atoms with E-state index in [2.05, 4.69) is 15.9 Å². The van der Waals surface area contributed by atoms with Crippen LogP contribution in [0.25, 0.3) is 6.08 Å². The molecule has 1 fully saturated rings. The number of hydrogen-bond acceptors (Lipinski definition) is 6. The summed E-state index contributed by atoms with van der Waals surface area (Å²) in [6.07, 6.45) is 1.80. The van der Waals surface area contributed by atoms with E-state index in [9.17, 15) is 4.79 Å². The summed E-state index contributed by atoms with van der Waals surface area (Å²) in [7, 11) is 3.18. The minimum absolute atomic E-state index is 0.163. The number of methoxy groups -OCH3 is 2. The number of thioether (sulfide) groups is 1. The van der Waals surface area contributed by atoms with E-state index in [4.69, 9.17) is 26.4 Å². The monoisotopic (exact) mass is 479 g/mol. The van der Waals surface area contributed by atoms with Crippen molar-refractivity contribution in [3.05, 3.63) is 51.3 Å². The normalized spacial score (nSPS) is 15.3. The fourth-order valence-corrected chi connectivity index (χ4v) is 4.55. The van der Waals surface area contributed by atoms with Crippen LogP contribution in [-0.4, -0.2) is 31.1 Å². The van der Waals surface area contributed by atoms with Gasteiger partial charge in [0.05, 0.1) is 35.9 Å². The van der Waals surface area contributed by atoms with E-state index in [1.54, 1.807) is 32.4 Å². The topological polar surface area (TPSA) is 48.0 Å². The number of rotatable bonds is 6. The Hall–Kier alpha value is -2.03. The zero-order valence-corrected chi connectivity index (χ0v) is 18.7. The summed E-state index contributed by atoms with van der Waals surface area (Å²) < 4.78 is 17.4. The molecule has 1 amide bonds. The largest absolute Gasteiger partial charge is 0.497 e. The molecule has 3 rings (SSSR count). The molecule has 0 saturated carbocycles. The second-order valence-corrected chi connectivity index (χ2v) is 8.21. The average Bonchev–Trinajstić information content (AvgIpc) is 2.97. The first kappa shape index (κ1) is 20.7. The molecule has 8 heteroatoms. The van der Waals surface area contributed by atoms with Gasteiger partial charge >= 0.3 is 0 Å². The number of benzene rings is 2. The molecule has 28 heavy (non-hydrogen) atoms. The fraction of sp³-hybridized carbons (Fsp3) is 0.200. The SMILES string of the molecule is CCOc1c(Br)cc(/C=C2\SC(=S)N(c3ccc(OC)cc3)C2=O)cc1OC. The second-order valence-electron chi connectivity index (χ2n) is 5.68. The minimum atomic E-state index is -0.163. The van der Waals surface area contributed by atoms with E-state index in [1.807, 2.05) is 31.2 Å². The van der Waals surface area contributed by atoms with E-state index in [-0.39, 0.29) is 5.91 Å². The van der Waals surface area contributed by atoms with Gasteiger partial charge in [0.2, 0.25) is 0 Å². The summed E-state index contributed by atoms with van der Waals surface area (Å²) in [5.41, 5.74) is 1.51. The quantitative estimate of drug-likeness (QED) is 0.415. The van der Waals surface area contributed by atoms with E-state index in [0.717, 1.165) is 15.8 Å². The van der Waals surface area contributed by atoms with E-state index >= 15 is 0 Å². The van der Waals surface area contributed by atoms with Crippen molar-refractivity contribution in [3.63, 3.8) is 0 Å². The van der Waals surface area contributed by atoms with Crippen molar-refractivity contribution in [2.75, 3.05) is 25.7 Å². The van der Waals surface area contributed by atoms with Crippen molar-refractivity contribution < 1.29 is 19.0 Å². The molecular weight excluding hydrogens is 462 g/mol. The van der Waals surface area contributed by atoms with Crippen molar-refractivity contribution in [3.8, 4) is 17.2 Å². The molecule has 0 unspecified atom stereocenters. The molecule has 146 valence electrons. The molecule has 1 aliphatic heterocycles. The first-order valence-corrected chi connectivity index (χ1v) is 10.4. The van der Waals surface area contributed by atoms with Gasteiger partial charge in [-0.2, -0.15) is 0 Å². The molecule has 1 aliphatic rings. The zero-order valence-electron chi connectivity index (χ0n) is 15.5. The molecule has 2 aromatic rings. The van der Waals surface area contributed by atoms with Gasteiger partial charge in [-0.25, -0.2) is 0 Å². The third kappa shape index (κ3) is 4.19. The first-order valence-electron chi connectivity index (χ1n) is 8.40. The second kappa shape index (κ2) is 8.98. The summed E-state index contributed by atoms with van der Waals surface area (Å²) in [6, 6.07) is 10.9. The molecule has 2 aromatic carbocycles. The fourth-order valence-electron chi connectivity index (χ4n) is 2.68. The Morgan fingerprint density at radius 1 is 1.18 bits per heavy atom. The van der Waals surface area contributed by atoms with Gasteiger partial charge in [0.1, 0.15) is 5.75 Å². The maximum atomic E-state index is 12.9. The highest BCUT2D eigenvalue weighted by Crippen LogP contribution is 2.40. The molecule has 0 radical (unpaired) electrons. The standard InChI is InChI=1S/C20H18BrNO4S2/c1-4-26-18-15(21)9-12(10-16(18)25-3)11-17-19(23)22(20(27)28-17)13-5-7-14(24-2)8-6-13/h5-11H,4H2,1-3H3/b17-11-. The van der Waals surface area contributed by atoms with Crippen LogP contribution in [-0.2, 0) is 4.79 Å². The van der Waals surface area contributed by atoms with Crippen LogP contribution in [0.4, 0.5) is 5.69 Å². The highest BCUT2D eigenvalue weighted by Gasteiger charge is 2.33. The lowest BCUT2D eigenvalue weighted by Gasteiger charge is -2.14. The lowest BCUT2D eigenvalue weighted by Crippen LogP contribution is -2.27. The molecule has 0 aromatic heterocycles. The molecule has 0 spiro atoms. The van der Waals surface area contributed by atoms with Crippen molar-refractivity contribution in [1.29, 1.82) is 0 Å². The van der Waals surface area contributed by atoms with Crippen LogP contribution in [0.15, 0.2) is 45.8 Å². The van der Waals surface area contributed by atoms with Crippen molar-refractivity contribution >= 4 is 61.9 Å². The van der Waals surface area contributed by atoms with E-state index < -0.39 is 0 Å². The highest BCUT2D eigenvalue weighted by atomic mass is 79.9. The van der Waals surface area contributed by atoms with Gasteiger partial charge in [0, 0.05) is 0 Å². The van der Waals surface area contributed by atoms with Crippen LogP contribution in [0.2, 0.25) is 0 Å². The number of amides is 1. The summed E-state index contributed by atoms with van der Waals surface area (Å²) in [5.74, 6) is 1.78.